The minimum Gasteiger partial charge on any atom is -0.352 e. The summed E-state index contributed by atoms with van der Waals surface area (Å²) in [7, 11) is -2.98. The van der Waals surface area contributed by atoms with Crippen LogP contribution in [0.15, 0.2) is 24.3 Å². The fraction of sp³-hybridized carbons (Fsp3) is 0.417. The Morgan fingerprint density at radius 2 is 2.00 bits per heavy atom. The maximum atomic E-state index is 12.7. The third-order valence-corrected chi connectivity index (χ3v) is 4.64. The maximum absolute atomic E-state index is 12.7. The van der Waals surface area contributed by atoms with Crippen molar-refractivity contribution in [1.82, 2.24) is 5.32 Å². The zero-order valence-electron chi connectivity index (χ0n) is 9.73. The Morgan fingerprint density at radius 1 is 1.33 bits per heavy atom. The van der Waals surface area contributed by atoms with Crippen LogP contribution in [0.25, 0.3) is 0 Å². The summed E-state index contributed by atoms with van der Waals surface area (Å²) in [5.74, 6) is -0.429. The zero-order chi connectivity index (χ0) is 13.2. The second-order valence-electron chi connectivity index (χ2n) is 4.47. The number of nitrogens with one attached hydrogen (secondary N) is 1. The van der Waals surface area contributed by atoms with E-state index >= 15 is 0 Å². The summed E-state index contributed by atoms with van der Waals surface area (Å²) < 4.78 is 35.1. The summed E-state index contributed by atoms with van der Waals surface area (Å²) in [6.45, 7) is 0. The lowest BCUT2D eigenvalue weighted by Gasteiger charge is -2.10. The van der Waals surface area contributed by atoms with E-state index in [-0.39, 0.29) is 35.7 Å². The van der Waals surface area contributed by atoms with Gasteiger partial charge in [-0.1, -0.05) is 12.1 Å². The van der Waals surface area contributed by atoms with Crippen molar-refractivity contribution >= 4 is 15.7 Å². The fourth-order valence-corrected chi connectivity index (χ4v) is 3.65. The van der Waals surface area contributed by atoms with E-state index < -0.39 is 9.84 Å². The SMILES string of the molecule is O=C(Cc1ccc(F)cc1)N[C@H]1CCS(=O)(=O)C1. The third kappa shape index (κ3) is 3.53. The molecule has 0 saturated carbocycles. The highest BCUT2D eigenvalue weighted by atomic mass is 32.2. The molecule has 0 unspecified atom stereocenters. The van der Waals surface area contributed by atoms with Crippen molar-refractivity contribution in [2.24, 2.45) is 0 Å². The van der Waals surface area contributed by atoms with E-state index in [1.807, 2.05) is 0 Å². The molecule has 1 saturated heterocycles. The highest BCUT2D eigenvalue weighted by Crippen LogP contribution is 2.11. The molecule has 18 heavy (non-hydrogen) atoms. The normalized spacial score (nSPS) is 21.7. The molecule has 0 bridgehead atoms. The molecule has 98 valence electrons. The van der Waals surface area contributed by atoms with Gasteiger partial charge in [0.05, 0.1) is 17.9 Å². The second-order valence-corrected chi connectivity index (χ2v) is 6.70. The summed E-state index contributed by atoms with van der Waals surface area (Å²) in [5, 5.41) is 2.69. The van der Waals surface area contributed by atoms with Crippen LogP contribution < -0.4 is 5.32 Å². The van der Waals surface area contributed by atoms with Crippen LogP contribution in [0.4, 0.5) is 4.39 Å². The van der Waals surface area contributed by atoms with Gasteiger partial charge < -0.3 is 5.32 Å². The molecule has 1 amide bonds. The summed E-state index contributed by atoms with van der Waals surface area (Å²) in [6.07, 6.45) is 0.605. The van der Waals surface area contributed by atoms with Gasteiger partial charge in [0, 0.05) is 6.04 Å². The van der Waals surface area contributed by atoms with E-state index in [2.05, 4.69) is 5.32 Å². The number of benzene rings is 1. The second kappa shape index (κ2) is 5.06. The lowest BCUT2D eigenvalue weighted by Crippen LogP contribution is -2.36. The Morgan fingerprint density at radius 3 is 2.56 bits per heavy atom. The lowest BCUT2D eigenvalue weighted by atomic mass is 10.1. The monoisotopic (exact) mass is 271 g/mol. The Labute approximate surface area is 105 Å². The first-order valence-corrected chi connectivity index (χ1v) is 7.51. The van der Waals surface area contributed by atoms with Crippen molar-refractivity contribution in [2.75, 3.05) is 11.5 Å². The van der Waals surface area contributed by atoms with Crippen molar-refractivity contribution in [2.45, 2.75) is 18.9 Å². The molecule has 1 heterocycles. The summed E-state index contributed by atoms with van der Waals surface area (Å²) in [6, 6.07) is 5.38. The molecule has 1 aromatic rings. The van der Waals surface area contributed by atoms with Gasteiger partial charge in [0.15, 0.2) is 9.84 Å². The number of rotatable bonds is 3. The van der Waals surface area contributed by atoms with Gasteiger partial charge in [0.25, 0.3) is 0 Å². The van der Waals surface area contributed by atoms with Crippen LogP contribution in [0.5, 0.6) is 0 Å². The van der Waals surface area contributed by atoms with Crippen LogP contribution in [-0.4, -0.2) is 31.9 Å². The fourth-order valence-electron chi connectivity index (χ4n) is 1.98. The zero-order valence-corrected chi connectivity index (χ0v) is 10.5. The minimum atomic E-state index is -2.98. The number of carbonyl (C=O) groups excluding carboxylic acids is 1. The van der Waals surface area contributed by atoms with Crippen LogP contribution in [-0.2, 0) is 21.1 Å². The molecule has 0 aliphatic carbocycles. The molecule has 1 atom stereocenters. The molecule has 1 fully saturated rings. The van der Waals surface area contributed by atoms with E-state index in [4.69, 9.17) is 0 Å². The Balaban J connectivity index is 1.88. The summed E-state index contributed by atoms with van der Waals surface area (Å²) >= 11 is 0. The predicted molar refractivity (Wildman–Crippen MR) is 65.3 cm³/mol. The molecule has 2 rings (SSSR count). The lowest BCUT2D eigenvalue weighted by molar-refractivity contribution is -0.121. The standard InChI is InChI=1S/C12H14FNO3S/c13-10-3-1-9(2-4-10)7-12(15)14-11-5-6-18(16,17)8-11/h1-4,11H,5-8H2,(H,14,15)/t11-/m0/s1. The quantitative estimate of drug-likeness (QED) is 0.879. The Bertz CT molecular complexity index is 539. The van der Waals surface area contributed by atoms with Crippen molar-refractivity contribution in [3.8, 4) is 0 Å². The number of sulfone groups is 1. The molecule has 1 aliphatic rings. The van der Waals surface area contributed by atoms with Crippen LogP contribution in [0.1, 0.15) is 12.0 Å². The molecular formula is C12H14FNO3S. The first kappa shape index (κ1) is 13.0. The number of halogens is 1. The number of amides is 1. The average molecular weight is 271 g/mol. The summed E-state index contributed by atoms with van der Waals surface area (Å²) in [4.78, 5) is 11.7. The Hall–Kier alpha value is -1.43. The van der Waals surface area contributed by atoms with Gasteiger partial charge in [-0.25, -0.2) is 12.8 Å². The molecule has 6 heteroatoms. The van der Waals surface area contributed by atoms with Gasteiger partial charge in [-0.3, -0.25) is 4.79 Å². The van der Waals surface area contributed by atoms with Gasteiger partial charge in [-0.15, -0.1) is 0 Å². The van der Waals surface area contributed by atoms with E-state index in [0.717, 1.165) is 0 Å². The molecule has 4 nitrogen and oxygen atoms in total. The highest BCUT2D eigenvalue weighted by molar-refractivity contribution is 7.91. The molecule has 0 radical (unpaired) electrons. The molecular weight excluding hydrogens is 257 g/mol. The largest absolute Gasteiger partial charge is 0.352 e. The van der Waals surface area contributed by atoms with Crippen LogP contribution in [0.3, 0.4) is 0 Å². The molecule has 1 N–H and O–H groups in total. The first-order valence-electron chi connectivity index (χ1n) is 5.69. The van der Waals surface area contributed by atoms with Gasteiger partial charge in [0.1, 0.15) is 5.82 Å². The van der Waals surface area contributed by atoms with Gasteiger partial charge >= 0.3 is 0 Å². The third-order valence-electron chi connectivity index (χ3n) is 2.88. The van der Waals surface area contributed by atoms with Crippen molar-refractivity contribution in [3.05, 3.63) is 35.6 Å². The van der Waals surface area contributed by atoms with E-state index in [0.29, 0.717) is 12.0 Å². The number of hydrogen-bond donors (Lipinski definition) is 1. The average Bonchev–Trinajstić information content (AvgIpc) is 2.61. The van der Waals surface area contributed by atoms with E-state index in [1.165, 1.54) is 12.1 Å². The molecule has 0 aromatic heterocycles. The number of carbonyl (C=O) groups is 1. The topological polar surface area (TPSA) is 63.2 Å². The first-order chi connectivity index (χ1) is 8.44. The van der Waals surface area contributed by atoms with Gasteiger partial charge in [0.2, 0.25) is 5.91 Å². The molecule has 0 spiro atoms. The highest BCUT2D eigenvalue weighted by Gasteiger charge is 2.28. The van der Waals surface area contributed by atoms with Crippen molar-refractivity contribution in [1.29, 1.82) is 0 Å². The number of hydrogen-bond acceptors (Lipinski definition) is 3. The smallest absolute Gasteiger partial charge is 0.224 e. The Kier molecular flexibility index (Phi) is 3.65. The minimum absolute atomic E-state index is 0.0160. The van der Waals surface area contributed by atoms with E-state index in [9.17, 15) is 17.6 Å². The van der Waals surface area contributed by atoms with Crippen LogP contribution in [0, 0.1) is 5.82 Å². The van der Waals surface area contributed by atoms with Crippen molar-refractivity contribution < 1.29 is 17.6 Å². The van der Waals surface area contributed by atoms with E-state index in [1.54, 1.807) is 12.1 Å². The van der Waals surface area contributed by atoms with Gasteiger partial charge in [-0.05, 0) is 24.1 Å². The predicted octanol–water partition coefficient (Wildman–Crippen LogP) is 0.672. The van der Waals surface area contributed by atoms with Crippen LogP contribution >= 0.6 is 0 Å². The molecule has 1 aromatic carbocycles. The van der Waals surface area contributed by atoms with Gasteiger partial charge in [-0.2, -0.15) is 0 Å². The summed E-state index contributed by atoms with van der Waals surface area (Å²) in [5.41, 5.74) is 0.703. The molecule has 1 aliphatic heterocycles. The maximum Gasteiger partial charge on any atom is 0.224 e. The van der Waals surface area contributed by atoms with Crippen LogP contribution in [0.2, 0.25) is 0 Å². The van der Waals surface area contributed by atoms with Crippen molar-refractivity contribution in [3.63, 3.8) is 0 Å².